The van der Waals surface area contributed by atoms with Gasteiger partial charge in [0.15, 0.2) is 6.61 Å². The lowest BCUT2D eigenvalue weighted by molar-refractivity contribution is -0.133. The molecule has 2 amide bonds. The summed E-state index contributed by atoms with van der Waals surface area (Å²) >= 11 is 0. The Morgan fingerprint density at radius 2 is 1.55 bits per heavy atom. The van der Waals surface area contributed by atoms with Gasteiger partial charge in [-0.25, -0.2) is 9.97 Å². The molecule has 0 unspecified atom stereocenters. The SMILES string of the molecule is Cc1ccc(OCC(=O)N2CCCN(C(=O)c3ccc4nc(C)c(C)nc4c3)CC2)c(C)c1. The third kappa shape index (κ3) is 5.13. The van der Waals surface area contributed by atoms with E-state index in [1.54, 1.807) is 11.0 Å². The van der Waals surface area contributed by atoms with E-state index in [-0.39, 0.29) is 18.4 Å². The Morgan fingerprint density at radius 3 is 2.30 bits per heavy atom. The number of hydrogen-bond acceptors (Lipinski definition) is 5. The van der Waals surface area contributed by atoms with Crippen molar-refractivity contribution in [2.45, 2.75) is 34.1 Å². The minimum absolute atomic E-state index is 0.0000405. The molecule has 4 rings (SSSR count). The van der Waals surface area contributed by atoms with Gasteiger partial charge < -0.3 is 14.5 Å². The number of hydrogen-bond donors (Lipinski definition) is 0. The van der Waals surface area contributed by atoms with Crippen molar-refractivity contribution in [1.82, 2.24) is 19.8 Å². The number of benzene rings is 2. The first-order valence-electron chi connectivity index (χ1n) is 11.3. The lowest BCUT2D eigenvalue weighted by Crippen LogP contribution is -2.39. The van der Waals surface area contributed by atoms with Crippen LogP contribution in [0.2, 0.25) is 0 Å². The van der Waals surface area contributed by atoms with Gasteiger partial charge in [0.05, 0.1) is 22.4 Å². The van der Waals surface area contributed by atoms with Gasteiger partial charge in [-0.3, -0.25) is 9.59 Å². The number of ether oxygens (including phenoxy) is 1. The van der Waals surface area contributed by atoms with Crippen molar-refractivity contribution in [2.24, 2.45) is 0 Å². The van der Waals surface area contributed by atoms with Crippen LogP contribution in [-0.2, 0) is 4.79 Å². The summed E-state index contributed by atoms with van der Waals surface area (Å²) in [6.07, 6.45) is 0.729. The average Bonchev–Trinajstić information content (AvgIpc) is 3.05. The van der Waals surface area contributed by atoms with Gasteiger partial charge in [-0.05, 0) is 63.9 Å². The third-order valence-corrected chi connectivity index (χ3v) is 6.14. The summed E-state index contributed by atoms with van der Waals surface area (Å²) in [6.45, 7) is 10.1. The molecule has 0 aliphatic carbocycles. The smallest absolute Gasteiger partial charge is 0.260 e. The molecule has 7 heteroatoms. The van der Waals surface area contributed by atoms with E-state index in [0.29, 0.717) is 31.7 Å². The van der Waals surface area contributed by atoms with Gasteiger partial charge in [-0.2, -0.15) is 0 Å². The van der Waals surface area contributed by atoms with Crippen molar-refractivity contribution in [3.05, 3.63) is 64.5 Å². The minimum atomic E-state index is -0.0592. The van der Waals surface area contributed by atoms with E-state index in [1.165, 1.54) is 0 Å². The van der Waals surface area contributed by atoms with Crippen molar-refractivity contribution in [1.29, 1.82) is 0 Å². The van der Waals surface area contributed by atoms with E-state index in [4.69, 9.17) is 4.74 Å². The maximum absolute atomic E-state index is 13.1. The Kier molecular flexibility index (Phi) is 6.58. The summed E-state index contributed by atoms with van der Waals surface area (Å²) in [5.41, 5.74) is 6.02. The van der Waals surface area contributed by atoms with E-state index in [1.807, 2.05) is 62.9 Å². The fourth-order valence-corrected chi connectivity index (χ4v) is 4.11. The zero-order chi connectivity index (χ0) is 23.5. The predicted octanol–water partition coefficient (Wildman–Crippen LogP) is 3.62. The van der Waals surface area contributed by atoms with E-state index in [9.17, 15) is 9.59 Å². The van der Waals surface area contributed by atoms with Crippen LogP contribution < -0.4 is 4.74 Å². The Hall–Kier alpha value is -3.48. The Labute approximate surface area is 194 Å². The summed E-state index contributed by atoms with van der Waals surface area (Å²) < 4.78 is 5.77. The van der Waals surface area contributed by atoms with Crippen molar-refractivity contribution >= 4 is 22.8 Å². The van der Waals surface area contributed by atoms with Crippen molar-refractivity contribution in [3.63, 3.8) is 0 Å². The molecule has 0 N–H and O–H groups in total. The van der Waals surface area contributed by atoms with Crippen LogP contribution in [0.3, 0.4) is 0 Å². The molecule has 1 aliphatic rings. The largest absolute Gasteiger partial charge is 0.484 e. The van der Waals surface area contributed by atoms with Crippen LogP contribution in [0.1, 0.15) is 39.3 Å². The monoisotopic (exact) mass is 446 g/mol. The number of carbonyl (C=O) groups excluding carboxylic acids is 2. The molecule has 2 aromatic carbocycles. The second-order valence-electron chi connectivity index (χ2n) is 8.68. The highest BCUT2D eigenvalue weighted by molar-refractivity contribution is 5.97. The number of rotatable bonds is 4. The van der Waals surface area contributed by atoms with E-state index < -0.39 is 0 Å². The second kappa shape index (κ2) is 9.57. The molecule has 1 aromatic heterocycles. The number of fused-ring (bicyclic) bond motifs is 1. The van der Waals surface area contributed by atoms with Crippen LogP contribution in [0.15, 0.2) is 36.4 Å². The topological polar surface area (TPSA) is 75.6 Å². The molecule has 3 aromatic rings. The predicted molar refractivity (Wildman–Crippen MR) is 128 cm³/mol. The van der Waals surface area contributed by atoms with E-state index in [0.717, 1.165) is 45.7 Å². The first-order valence-corrected chi connectivity index (χ1v) is 11.3. The normalized spacial score (nSPS) is 14.3. The van der Waals surface area contributed by atoms with Crippen molar-refractivity contribution in [2.75, 3.05) is 32.8 Å². The summed E-state index contributed by atoms with van der Waals surface area (Å²) in [5, 5.41) is 0. The molecule has 7 nitrogen and oxygen atoms in total. The maximum atomic E-state index is 13.1. The highest BCUT2D eigenvalue weighted by Gasteiger charge is 2.23. The van der Waals surface area contributed by atoms with Gasteiger partial charge >= 0.3 is 0 Å². The first-order chi connectivity index (χ1) is 15.8. The van der Waals surface area contributed by atoms with Gasteiger partial charge in [0, 0.05) is 31.7 Å². The zero-order valence-corrected chi connectivity index (χ0v) is 19.7. The van der Waals surface area contributed by atoms with Crippen LogP contribution in [-0.4, -0.2) is 64.4 Å². The number of carbonyl (C=O) groups is 2. The highest BCUT2D eigenvalue weighted by Crippen LogP contribution is 2.19. The number of amides is 2. The van der Waals surface area contributed by atoms with Gasteiger partial charge in [0.25, 0.3) is 11.8 Å². The Morgan fingerprint density at radius 1 is 0.848 bits per heavy atom. The second-order valence-corrected chi connectivity index (χ2v) is 8.68. The molecule has 2 heterocycles. The summed E-state index contributed by atoms with van der Waals surface area (Å²) in [4.78, 5) is 38.6. The first kappa shape index (κ1) is 22.7. The molecule has 1 aliphatic heterocycles. The summed E-state index contributed by atoms with van der Waals surface area (Å²) in [5.74, 6) is 0.624. The van der Waals surface area contributed by atoms with Crippen LogP contribution >= 0.6 is 0 Å². The van der Waals surface area contributed by atoms with Gasteiger partial charge in [-0.1, -0.05) is 17.7 Å². The molecule has 33 heavy (non-hydrogen) atoms. The standard InChI is InChI=1S/C26H30N4O3/c1-17-6-9-24(18(2)14-17)33-16-25(31)29-10-5-11-30(13-12-29)26(32)21-7-8-22-23(15-21)28-20(4)19(3)27-22/h6-9,14-15H,5,10-13,16H2,1-4H3. The molecule has 0 saturated carbocycles. The molecule has 0 bridgehead atoms. The molecule has 172 valence electrons. The summed E-state index contributed by atoms with van der Waals surface area (Å²) in [6, 6.07) is 11.4. The van der Waals surface area contributed by atoms with Crippen LogP contribution in [0.5, 0.6) is 5.75 Å². The van der Waals surface area contributed by atoms with E-state index >= 15 is 0 Å². The Bertz CT molecular complexity index is 1210. The molecular formula is C26H30N4O3. The highest BCUT2D eigenvalue weighted by atomic mass is 16.5. The molecule has 0 spiro atoms. The molecule has 0 atom stereocenters. The quantitative estimate of drug-likeness (QED) is 0.612. The number of aryl methyl sites for hydroxylation is 4. The van der Waals surface area contributed by atoms with E-state index in [2.05, 4.69) is 9.97 Å². The fourth-order valence-electron chi connectivity index (χ4n) is 4.11. The molecule has 0 radical (unpaired) electrons. The van der Waals surface area contributed by atoms with Crippen molar-refractivity contribution < 1.29 is 14.3 Å². The van der Waals surface area contributed by atoms with Gasteiger partial charge in [0.2, 0.25) is 0 Å². The van der Waals surface area contributed by atoms with Crippen LogP contribution in [0, 0.1) is 27.7 Å². The van der Waals surface area contributed by atoms with Crippen LogP contribution in [0.25, 0.3) is 11.0 Å². The maximum Gasteiger partial charge on any atom is 0.260 e. The average molecular weight is 447 g/mol. The molecule has 1 fully saturated rings. The molecular weight excluding hydrogens is 416 g/mol. The zero-order valence-electron chi connectivity index (χ0n) is 19.7. The number of aromatic nitrogens is 2. The third-order valence-electron chi connectivity index (χ3n) is 6.14. The van der Waals surface area contributed by atoms with Gasteiger partial charge in [0.1, 0.15) is 5.75 Å². The lowest BCUT2D eigenvalue weighted by atomic mass is 10.1. The Balaban J connectivity index is 1.38. The van der Waals surface area contributed by atoms with Gasteiger partial charge in [-0.15, -0.1) is 0 Å². The fraction of sp³-hybridized carbons (Fsp3) is 0.385. The summed E-state index contributed by atoms with van der Waals surface area (Å²) in [7, 11) is 0. The number of nitrogens with zero attached hydrogens (tertiary/aromatic N) is 4. The lowest BCUT2D eigenvalue weighted by Gasteiger charge is -2.22. The minimum Gasteiger partial charge on any atom is -0.484 e. The van der Waals surface area contributed by atoms with Crippen molar-refractivity contribution in [3.8, 4) is 5.75 Å². The van der Waals surface area contributed by atoms with Crippen LogP contribution in [0.4, 0.5) is 0 Å². The molecule has 1 saturated heterocycles.